The standard InChI is InChI=1S/C46H84NO8P/c1-6-8-10-12-13-14-15-16-17-18-19-20-21-22-23-24-25-26-27-28-29-30-31-32-33-35-37-39-46(49)55-44(42-52-45(48)38-36-34-11-9-7-2)43-54-56(50,51)53-41-40-47(3,4)5/h8,10,13-14,16-17,19-20,44H,6-7,9,11-12,15,18,21-43H2,1-5H3/p+1/b10-8-,14-13-,17-16-,20-19-. The van der Waals surface area contributed by atoms with E-state index in [2.05, 4.69) is 62.5 Å². The number of carbonyl (C=O) groups is 2. The van der Waals surface area contributed by atoms with Crippen LogP contribution in [0.4, 0.5) is 0 Å². The van der Waals surface area contributed by atoms with E-state index in [-0.39, 0.29) is 32.0 Å². The van der Waals surface area contributed by atoms with Gasteiger partial charge in [0.2, 0.25) is 0 Å². The molecular formula is C46H85NO8P+. The molecule has 0 aromatic carbocycles. The second-order valence-electron chi connectivity index (χ2n) is 16.1. The number of quaternary nitrogens is 1. The van der Waals surface area contributed by atoms with Gasteiger partial charge < -0.3 is 18.9 Å². The molecule has 0 aromatic heterocycles. The Balaban J connectivity index is 4.02. The Labute approximate surface area is 343 Å². The van der Waals surface area contributed by atoms with Gasteiger partial charge in [-0.25, -0.2) is 4.57 Å². The number of rotatable bonds is 40. The summed E-state index contributed by atoms with van der Waals surface area (Å²) >= 11 is 0. The minimum Gasteiger partial charge on any atom is -0.462 e. The van der Waals surface area contributed by atoms with Crippen molar-refractivity contribution in [1.29, 1.82) is 0 Å². The molecule has 0 radical (unpaired) electrons. The van der Waals surface area contributed by atoms with Gasteiger partial charge in [-0.05, 0) is 51.4 Å². The van der Waals surface area contributed by atoms with Crippen LogP contribution in [-0.2, 0) is 32.7 Å². The minimum atomic E-state index is -4.36. The first-order valence-corrected chi connectivity index (χ1v) is 23.9. The molecular weight excluding hydrogens is 725 g/mol. The maximum absolute atomic E-state index is 12.6. The third-order valence-electron chi connectivity index (χ3n) is 9.37. The SMILES string of the molecule is CC/C=C\C/C=C\C/C=C\C/C=C\CCCCCCCCCCCCCCCCC(=O)OC(COC(=O)CCCCCCC)COP(=O)(O)OCC[N+](C)(C)C. The van der Waals surface area contributed by atoms with E-state index in [1.165, 1.54) is 77.0 Å². The molecule has 0 aliphatic rings. The quantitative estimate of drug-likeness (QED) is 0.0214. The molecule has 56 heavy (non-hydrogen) atoms. The van der Waals surface area contributed by atoms with Crippen LogP contribution in [0.25, 0.3) is 0 Å². The van der Waals surface area contributed by atoms with Crippen molar-refractivity contribution < 1.29 is 42.1 Å². The van der Waals surface area contributed by atoms with E-state index in [0.717, 1.165) is 70.6 Å². The summed E-state index contributed by atoms with van der Waals surface area (Å²) in [5, 5.41) is 0. The highest BCUT2D eigenvalue weighted by Gasteiger charge is 2.27. The molecule has 0 spiro atoms. The van der Waals surface area contributed by atoms with E-state index >= 15 is 0 Å². The van der Waals surface area contributed by atoms with Crippen LogP contribution >= 0.6 is 7.82 Å². The van der Waals surface area contributed by atoms with Crippen LogP contribution in [0.5, 0.6) is 0 Å². The molecule has 0 aliphatic carbocycles. The van der Waals surface area contributed by atoms with Crippen molar-refractivity contribution in [2.24, 2.45) is 0 Å². The Morgan fingerprint density at radius 3 is 1.52 bits per heavy atom. The average molecular weight is 811 g/mol. The largest absolute Gasteiger partial charge is 0.472 e. The number of allylic oxidation sites excluding steroid dienone is 8. The molecule has 0 fully saturated rings. The summed E-state index contributed by atoms with van der Waals surface area (Å²) in [4.78, 5) is 35.0. The van der Waals surface area contributed by atoms with Gasteiger partial charge >= 0.3 is 19.8 Å². The summed E-state index contributed by atoms with van der Waals surface area (Å²) in [6, 6.07) is 0. The number of hydrogen-bond acceptors (Lipinski definition) is 7. The van der Waals surface area contributed by atoms with Crippen LogP contribution < -0.4 is 0 Å². The van der Waals surface area contributed by atoms with Gasteiger partial charge in [0.15, 0.2) is 6.10 Å². The number of nitrogens with zero attached hydrogens (tertiary/aromatic N) is 1. The van der Waals surface area contributed by atoms with Gasteiger partial charge in [-0.1, -0.05) is 165 Å². The van der Waals surface area contributed by atoms with Gasteiger partial charge in [0, 0.05) is 12.8 Å². The number of phosphoric acid groups is 1. The molecule has 0 bridgehead atoms. The van der Waals surface area contributed by atoms with Crippen molar-refractivity contribution in [1.82, 2.24) is 0 Å². The normalized spacial score (nSPS) is 14.0. The van der Waals surface area contributed by atoms with Crippen LogP contribution in [-0.4, -0.2) is 74.9 Å². The summed E-state index contributed by atoms with van der Waals surface area (Å²) in [5.74, 6) is -0.812. The van der Waals surface area contributed by atoms with Gasteiger partial charge in [-0.2, -0.15) is 0 Å². The molecule has 2 unspecified atom stereocenters. The fourth-order valence-electron chi connectivity index (χ4n) is 5.89. The number of unbranched alkanes of at least 4 members (excludes halogenated alkanes) is 18. The molecule has 0 saturated heterocycles. The highest BCUT2D eigenvalue weighted by molar-refractivity contribution is 7.47. The van der Waals surface area contributed by atoms with Crippen LogP contribution in [0.15, 0.2) is 48.6 Å². The monoisotopic (exact) mass is 811 g/mol. The van der Waals surface area contributed by atoms with Gasteiger partial charge in [-0.3, -0.25) is 18.6 Å². The van der Waals surface area contributed by atoms with Gasteiger partial charge in [0.05, 0.1) is 27.7 Å². The maximum Gasteiger partial charge on any atom is 0.472 e. The van der Waals surface area contributed by atoms with Crippen molar-refractivity contribution in [3.63, 3.8) is 0 Å². The van der Waals surface area contributed by atoms with Crippen molar-refractivity contribution >= 4 is 19.8 Å². The molecule has 0 heterocycles. The lowest BCUT2D eigenvalue weighted by Crippen LogP contribution is -2.37. The number of hydrogen-bond donors (Lipinski definition) is 1. The topological polar surface area (TPSA) is 108 Å². The van der Waals surface area contributed by atoms with E-state index in [4.69, 9.17) is 18.5 Å². The smallest absolute Gasteiger partial charge is 0.462 e. The fourth-order valence-corrected chi connectivity index (χ4v) is 6.63. The second-order valence-corrected chi connectivity index (χ2v) is 17.5. The lowest BCUT2D eigenvalue weighted by molar-refractivity contribution is -0.870. The number of phosphoric ester groups is 1. The first-order chi connectivity index (χ1) is 27.0. The molecule has 9 nitrogen and oxygen atoms in total. The molecule has 0 aliphatic heterocycles. The van der Waals surface area contributed by atoms with E-state index in [1.807, 2.05) is 21.1 Å². The predicted molar refractivity (Wildman–Crippen MR) is 233 cm³/mol. The Bertz CT molecular complexity index is 1100. The molecule has 1 N–H and O–H groups in total. The zero-order valence-corrected chi connectivity index (χ0v) is 37.5. The zero-order chi connectivity index (χ0) is 41.4. The van der Waals surface area contributed by atoms with Gasteiger partial charge in [0.1, 0.15) is 19.8 Å². The fraction of sp³-hybridized carbons (Fsp3) is 0.783. The number of carbonyl (C=O) groups excluding carboxylic acids is 2. The Morgan fingerprint density at radius 1 is 0.571 bits per heavy atom. The lowest BCUT2D eigenvalue weighted by Gasteiger charge is -2.24. The van der Waals surface area contributed by atoms with E-state index in [1.54, 1.807) is 0 Å². The summed E-state index contributed by atoms with van der Waals surface area (Å²) in [5.41, 5.74) is 0. The summed E-state index contributed by atoms with van der Waals surface area (Å²) in [7, 11) is 1.47. The van der Waals surface area contributed by atoms with Crippen molar-refractivity contribution in [3.8, 4) is 0 Å². The first kappa shape index (κ1) is 54.0. The Morgan fingerprint density at radius 2 is 1.02 bits per heavy atom. The lowest BCUT2D eigenvalue weighted by atomic mass is 10.0. The van der Waals surface area contributed by atoms with Gasteiger partial charge in [-0.15, -0.1) is 0 Å². The predicted octanol–water partition coefficient (Wildman–Crippen LogP) is 12.7. The van der Waals surface area contributed by atoms with E-state index in [9.17, 15) is 19.0 Å². The molecule has 2 atom stereocenters. The number of esters is 2. The molecule has 326 valence electrons. The molecule has 10 heteroatoms. The molecule has 0 saturated carbocycles. The zero-order valence-electron chi connectivity index (χ0n) is 36.6. The molecule has 0 aromatic rings. The molecule has 0 rings (SSSR count). The van der Waals surface area contributed by atoms with E-state index < -0.39 is 26.5 Å². The minimum absolute atomic E-state index is 0.0315. The van der Waals surface area contributed by atoms with Crippen molar-refractivity contribution in [3.05, 3.63) is 48.6 Å². The number of likely N-dealkylation sites (N-methyl/N-ethyl adjacent to an activating group) is 1. The maximum atomic E-state index is 12.6. The van der Waals surface area contributed by atoms with Gasteiger partial charge in [0.25, 0.3) is 0 Å². The van der Waals surface area contributed by atoms with Crippen LogP contribution in [0.1, 0.15) is 181 Å². The molecule has 0 amide bonds. The van der Waals surface area contributed by atoms with Crippen LogP contribution in [0.3, 0.4) is 0 Å². The highest BCUT2D eigenvalue weighted by atomic mass is 31.2. The van der Waals surface area contributed by atoms with E-state index in [0.29, 0.717) is 17.4 Å². The third kappa shape index (κ3) is 41.6. The average Bonchev–Trinajstić information content (AvgIpc) is 3.15. The first-order valence-electron chi connectivity index (χ1n) is 22.4. The van der Waals surface area contributed by atoms with Crippen LogP contribution in [0, 0.1) is 0 Å². The highest BCUT2D eigenvalue weighted by Crippen LogP contribution is 2.43. The summed E-state index contributed by atoms with van der Waals surface area (Å²) in [6.45, 7) is 4.21. The third-order valence-corrected chi connectivity index (χ3v) is 10.4. The Kier molecular flexibility index (Phi) is 37.1. The Hall–Kier alpha value is -2.03. The number of ether oxygens (including phenoxy) is 2. The summed E-state index contributed by atoms with van der Waals surface area (Å²) < 4.78 is 34.1. The van der Waals surface area contributed by atoms with Crippen molar-refractivity contribution in [2.75, 3.05) is 47.5 Å². The van der Waals surface area contributed by atoms with Crippen molar-refractivity contribution in [2.45, 2.75) is 187 Å². The van der Waals surface area contributed by atoms with Crippen LogP contribution in [0.2, 0.25) is 0 Å². The second kappa shape index (κ2) is 38.5. The summed E-state index contributed by atoms with van der Waals surface area (Å²) in [6.07, 6.45) is 45.0.